The molecule has 1 aromatic carbocycles. The number of nitrogens with one attached hydrogen (secondary N) is 1. The van der Waals surface area contributed by atoms with Gasteiger partial charge in [0.2, 0.25) is 0 Å². The molecule has 0 radical (unpaired) electrons. The van der Waals surface area contributed by atoms with E-state index in [9.17, 15) is 29.8 Å². The summed E-state index contributed by atoms with van der Waals surface area (Å²) < 4.78 is 30.4. The summed E-state index contributed by atoms with van der Waals surface area (Å²) in [5.74, 6) is -1.87. The molecule has 15 nitrogen and oxygen atoms in total. The standard InChI is InChI=1S/C24H23FN6O9/c25-18-11-15(29-14-17(39-24(29)33)12-26-23(32)20-4-6-22(40-20)31(36)37)1-3-19(18)28-9-7-27(8-10-28)13-16-2-5-21(38-16)30(34)35/h1-6,11,17H,7-10,12-14H2,(H,26,32)/t17-/m0/s1. The maximum atomic E-state index is 15.1. The van der Waals surface area contributed by atoms with Crippen LogP contribution in [0.3, 0.4) is 0 Å². The normalized spacial score (nSPS) is 17.6. The Morgan fingerprint density at radius 2 is 1.70 bits per heavy atom. The maximum Gasteiger partial charge on any atom is 0.433 e. The van der Waals surface area contributed by atoms with Crippen molar-refractivity contribution < 1.29 is 37.4 Å². The molecule has 0 bridgehead atoms. The topological polar surface area (TPSA) is 178 Å². The Hall–Kier alpha value is -4.99. The van der Waals surface area contributed by atoms with E-state index in [-0.39, 0.29) is 24.7 Å². The molecule has 2 amide bonds. The number of ether oxygens (including phenoxy) is 1. The van der Waals surface area contributed by atoms with Crippen LogP contribution in [0.4, 0.5) is 32.3 Å². The molecule has 2 aromatic heterocycles. The Morgan fingerprint density at radius 3 is 2.35 bits per heavy atom. The second-order valence-corrected chi connectivity index (χ2v) is 9.12. The number of nitro groups is 2. The smallest absolute Gasteiger partial charge is 0.433 e. The number of benzene rings is 1. The first-order chi connectivity index (χ1) is 19.2. The van der Waals surface area contributed by atoms with Gasteiger partial charge in [0.05, 0.1) is 43.1 Å². The van der Waals surface area contributed by atoms with Gasteiger partial charge in [0.15, 0.2) is 5.76 Å². The first kappa shape index (κ1) is 26.6. The first-order valence-electron chi connectivity index (χ1n) is 12.2. The summed E-state index contributed by atoms with van der Waals surface area (Å²) >= 11 is 0. The molecular formula is C24H23FN6O9. The fourth-order valence-electron chi connectivity index (χ4n) is 4.52. The summed E-state index contributed by atoms with van der Waals surface area (Å²) in [6, 6.07) is 9.54. The van der Waals surface area contributed by atoms with Crippen LogP contribution in [-0.2, 0) is 11.3 Å². The summed E-state index contributed by atoms with van der Waals surface area (Å²) in [6.07, 6.45) is -1.43. The lowest BCUT2D eigenvalue weighted by molar-refractivity contribution is -0.402. The summed E-state index contributed by atoms with van der Waals surface area (Å²) in [5.41, 5.74) is 0.667. The van der Waals surface area contributed by atoms with E-state index in [0.29, 0.717) is 49.9 Å². The first-order valence-corrected chi connectivity index (χ1v) is 12.2. The number of anilines is 2. The van der Waals surface area contributed by atoms with Gasteiger partial charge >= 0.3 is 17.9 Å². The monoisotopic (exact) mass is 558 g/mol. The van der Waals surface area contributed by atoms with Gasteiger partial charge < -0.3 is 23.8 Å². The van der Waals surface area contributed by atoms with Crippen molar-refractivity contribution in [2.45, 2.75) is 12.6 Å². The molecule has 210 valence electrons. The van der Waals surface area contributed by atoms with Gasteiger partial charge in [0, 0.05) is 26.2 Å². The average Bonchev–Trinajstić information content (AvgIpc) is 3.68. The van der Waals surface area contributed by atoms with E-state index in [4.69, 9.17) is 13.6 Å². The van der Waals surface area contributed by atoms with Gasteiger partial charge in [0.25, 0.3) is 5.91 Å². The van der Waals surface area contributed by atoms with Crippen molar-refractivity contribution in [2.24, 2.45) is 0 Å². The minimum atomic E-state index is -0.766. The van der Waals surface area contributed by atoms with Gasteiger partial charge in [0.1, 0.15) is 27.5 Å². The van der Waals surface area contributed by atoms with Gasteiger partial charge in [-0.3, -0.25) is 34.8 Å². The quantitative estimate of drug-likeness (QED) is 0.302. The van der Waals surface area contributed by atoms with Crippen molar-refractivity contribution in [2.75, 3.05) is 49.1 Å². The van der Waals surface area contributed by atoms with Crippen LogP contribution in [0.25, 0.3) is 0 Å². The van der Waals surface area contributed by atoms with E-state index in [1.165, 1.54) is 17.0 Å². The average molecular weight is 558 g/mol. The molecule has 4 heterocycles. The summed E-state index contributed by atoms with van der Waals surface area (Å²) in [7, 11) is 0. The lowest BCUT2D eigenvalue weighted by Gasteiger charge is -2.36. The number of hydrogen-bond donors (Lipinski definition) is 1. The Morgan fingerprint density at radius 1 is 1.00 bits per heavy atom. The molecule has 1 atom stereocenters. The van der Waals surface area contributed by atoms with Crippen LogP contribution in [0.2, 0.25) is 0 Å². The maximum absolute atomic E-state index is 15.1. The molecule has 2 fully saturated rings. The van der Waals surface area contributed by atoms with E-state index in [2.05, 4.69) is 10.2 Å². The predicted octanol–water partition coefficient (Wildman–Crippen LogP) is 2.91. The lowest BCUT2D eigenvalue weighted by atomic mass is 10.2. The van der Waals surface area contributed by atoms with Crippen LogP contribution < -0.4 is 15.1 Å². The Labute approximate surface area is 225 Å². The van der Waals surface area contributed by atoms with Crippen molar-refractivity contribution in [3.63, 3.8) is 0 Å². The molecule has 2 aliphatic rings. The van der Waals surface area contributed by atoms with Crippen molar-refractivity contribution in [3.8, 4) is 0 Å². The third kappa shape index (κ3) is 5.70. The fraction of sp³-hybridized carbons (Fsp3) is 0.333. The molecule has 1 N–H and O–H groups in total. The zero-order valence-corrected chi connectivity index (χ0v) is 20.9. The van der Waals surface area contributed by atoms with E-state index in [1.807, 2.05) is 4.90 Å². The van der Waals surface area contributed by atoms with Gasteiger partial charge in [-0.05, 0) is 30.3 Å². The number of hydrogen-bond acceptors (Lipinski definition) is 11. The predicted molar refractivity (Wildman–Crippen MR) is 135 cm³/mol. The SMILES string of the molecule is O=C(NC[C@H]1CN(c2ccc(N3CCN(Cc4ccc([N+](=O)[O-])o4)CC3)c(F)c2)C(=O)O1)c1ccc([N+](=O)[O-])o1. The van der Waals surface area contributed by atoms with Gasteiger partial charge in [-0.1, -0.05) is 0 Å². The number of rotatable bonds is 9. The van der Waals surface area contributed by atoms with Crippen LogP contribution in [0.5, 0.6) is 0 Å². The molecule has 5 rings (SSSR count). The van der Waals surface area contributed by atoms with Crippen LogP contribution >= 0.6 is 0 Å². The van der Waals surface area contributed by atoms with Crippen LogP contribution in [-0.4, -0.2) is 72.1 Å². The summed E-state index contributed by atoms with van der Waals surface area (Å²) in [5, 5.41) is 24.0. The van der Waals surface area contributed by atoms with Crippen LogP contribution in [0.15, 0.2) is 51.3 Å². The minimum absolute atomic E-state index is 0.0554. The lowest BCUT2D eigenvalue weighted by Crippen LogP contribution is -2.46. The van der Waals surface area contributed by atoms with Crippen molar-refractivity contribution in [1.82, 2.24) is 10.2 Å². The number of furan rings is 2. The third-order valence-electron chi connectivity index (χ3n) is 6.52. The number of piperazine rings is 1. The Bertz CT molecular complexity index is 1450. The molecule has 2 saturated heterocycles. The van der Waals surface area contributed by atoms with Crippen molar-refractivity contribution >= 4 is 35.1 Å². The third-order valence-corrected chi connectivity index (χ3v) is 6.52. The molecule has 40 heavy (non-hydrogen) atoms. The number of carbonyl (C=O) groups excluding carboxylic acids is 2. The molecular weight excluding hydrogens is 535 g/mol. The highest BCUT2D eigenvalue weighted by Gasteiger charge is 2.33. The van der Waals surface area contributed by atoms with Crippen molar-refractivity contribution in [3.05, 3.63) is 80.0 Å². The van der Waals surface area contributed by atoms with E-state index >= 15 is 4.39 Å². The number of nitrogens with zero attached hydrogens (tertiary/aromatic N) is 5. The molecule has 0 unspecified atom stereocenters. The fourth-order valence-corrected chi connectivity index (χ4v) is 4.52. The zero-order valence-electron chi connectivity index (χ0n) is 20.9. The number of amides is 2. The highest BCUT2D eigenvalue weighted by Crippen LogP contribution is 2.29. The number of cyclic esters (lactones) is 1. The van der Waals surface area contributed by atoms with Gasteiger partial charge in [-0.25, -0.2) is 9.18 Å². The number of halogens is 1. The summed E-state index contributed by atoms with van der Waals surface area (Å²) in [6.45, 7) is 2.60. The van der Waals surface area contributed by atoms with Crippen LogP contribution in [0.1, 0.15) is 16.3 Å². The molecule has 0 spiro atoms. The summed E-state index contributed by atoms with van der Waals surface area (Å²) in [4.78, 5) is 49.9. The Kier molecular flexibility index (Phi) is 7.33. The molecule has 0 aliphatic carbocycles. The molecule has 3 aromatic rings. The molecule has 16 heteroatoms. The van der Waals surface area contributed by atoms with E-state index in [1.54, 1.807) is 18.2 Å². The minimum Gasteiger partial charge on any atom is -0.442 e. The Balaban J connectivity index is 1.13. The van der Waals surface area contributed by atoms with Gasteiger partial charge in [-0.15, -0.1) is 0 Å². The van der Waals surface area contributed by atoms with E-state index in [0.717, 1.165) is 12.1 Å². The highest BCUT2D eigenvalue weighted by molar-refractivity contribution is 5.92. The zero-order chi connectivity index (χ0) is 28.4. The van der Waals surface area contributed by atoms with E-state index < -0.39 is 39.7 Å². The molecule has 0 saturated carbocycles. The van der Waals surface area contributed by atoms with Gasteiger partial charge in [-0.2, -0.15) is 0 Å². The largest absolute Gasteiger partial charge is 0.442 e. The second kappa shape index (κ2) is 11.0. The molecule has 2 aliphatic heterocycles. The van der Waals surface area contributed by atoms with Crippen LogP contribution in [0, 0.1) is 26.0 Å². The second-order valence-electron chi connectivity index (χ2n) is 9.12. The van der Waals surface area contributed by atoms with Crippen molar-refractivity contribution in [1.29, 1.82) is 0 Å². The number of carbonyl (C=O) groups is 2. The highest BCUT2D eigenvalue weighted by atomic mass is 19.1.